The molecule has 6 heavy (non-hydrogen) atoms. The Labute approximate surface area is 36.4 Å². The fourth-order valence-electron chi connectivity index (χ4n) is 1.10. The standard InChI is InChI=1S/C5H7F/c1-4-2-5(4,6)3-4/h2-3H2,1H3. The van der Waals surface area contributed by atoms with Gasteiger partial charge in [0.2, 0.25) is 0 Å². The van der Waals surface area contributed by atoms with Crippen LogP contribution in [0.4, 0.5) is 4.39 Å². The highest BCUT2D eigenvalue weighted by Crippen LogP contribution is 2.80. The van der Waals surface area contributed by atoms with E-state index >= 15 is 0 Å². The predicted molar refractivity (Wildman–Crippen MR) is 21.2 cm³/mol. The molecule has 2 aliphatic carbocycles. The van der Waals surface area contributed by atoms with Gasteiger partial charge >= 0.3 is 0 Å². The van der Waals surface area contributed by atoms with Gasteiger partial charge in [0.05, 0.1) is 0 Å². The summed E-state index contributed by atoms with van der Waals surface area (Å²) in [4.78, 5) is 0. The Morgan fingerprint density at radius 1 is 1.50 bits per heavy atom. The van der Waals surface area contributed by atoms with E-state index < -0.39 is 5.67 Å². The van der Waals surface area contributed by atoms with E-state index in [-0.39, 0.29) is 5.41 Å². The van der Waals surface area contributed by atoms with Crippen LogP contribution in [0.5, 0.6) is 0 Å². The molecule has 0 radical (unpaired) electrons. The molecule has 2 rings (SSSR count). The van der Waals surface area contributed by atoms with Crippen molar-refractivity contribution in [1.29, 1.82) is 0 Å². The van der Waals surface area contributed by atoms with E-state index in [0.29, 0.717) is 0 Å². The number of rotatable bonds is 0. The Hall–Kier alpha value is -0.0700. The third-order valence-electron chi connectivity index (χ3n) is 2.17. The van der Waals surface area contributed by atoms with Crippen LogP contribution in [0, 0.1) is 5.41 Å². The average Bonchev–Trinajstić information content (AvgIpc) is 1.78. The first-order valence-corrected chi connectivity index (χ1v) is 2.35. The highest BCUT2D eigenvalue weighted by atomic mass is 19.1. The molecule has 2 fully saturated rings. The number of hydrogen-bond donors (Lipinski definition) is 0. The van der Waals surface area contributed by atoms with Crippen LogP contribution < -0.4 is 0 Å². The van der Waals surface area contributed by atoms with Crippen LogP contribution in [0.2, 0.25) is 0 Å². The minimum Gasteiger partial charge on any atom is -0.243 e. The van der Waals surface area contributed by atoms with E-state index in [1.807, 2.05) is 6.92 Å². The van der Waals surface area contributed by atoms with Gasteiger partial charge in [0.25, 0.3) is 0 Å². The highest BCUT2D eigenvalue weighted by molar-refractivity contribution is 5.31. The van der Waals surface area contributed by atoms with Crippen molar-refractivity contribution in [3.05, 3.63) is 0 Å². The summed E-state index contributed by atoms with van der Waals surface area (Å²) in [6, 6.07) is 0. The first-order valence-electron chi connectivity index (χ1n) is 2.35. The average molecular weight is 86.1 g/mol. The monoisotopic (exact) mass is 86.1 g/mol. The maximum Gasteiger partial charge on any atom is 0.117 e. The van der Waals surface area contributed by atoms with Crippen molar-refractivity contribution >= 4 is 0 Å². The second kappa shape index (κ2) is 0.392. The summed E-state index contributed by atoms with van der Waals surface area (Å²) in [5.41, 5.74) is -0.458. The summed E-state index contributed by atoms with van der Waals surface area (Å²) in [5.74, 6) is 0. The van der Waals surface area contributed by atoms with Crippen molar-refractivity contribution in [3.63, 3.8) is 0 Å². The molecule has 2 saturated carbocycles. The predicted octanol–water partition coefficient (Wildman–Crippen LogP) is 1.51. The summed E-state index contributed by atoms with van der Waals surface area (Å²) >= 11 is 0. The third-order valence-corrected chi connectivity index (χ3v) is 2.17. The maximum atomic E-state index is 12.3. The molecule has 0 heterocycles. The SMILES string of the molecule is CC12CC1(F)C2. The molecule has 0 saturated heterocycles. The third kappa shape index (κ3) is 0.118. The Morgan fingerprint density at radius 2 is 1.67 bits per heavy atom. The largest absolute Gasteiger partial charge is 0.243 e. The molecule has 0 nitrogen and oxygen atoms in total. The lowest BCUT2D eigenvalue weighted by Crippen LogP contribution is -1.75. The van der Waals surface area contributed by atoms with Gasteiger partial charge in [0.1, 0.15) is 5.67 Å². The van der Waals surface area contributed by atoms with Gasteiger partial charge < -0.3 is 0 Å². The molecule has 0 aliphatic heterocycles. The van der Waals surface area contributed by atoms with Crippen molar-refractivity contribution in [2.45, 2.75) is 25.4 Å². The molecule has 2 aliphatic rings. The Kier molecular flexibility index (Phi) is 0.196. The molecular weight excluding hydrogens is 79.1 g/mol. The second-order valence-electron chi connectivity index (χ2n) is 2.88. The molecule has 0 aromatic heterocycles. The van der Waals surface area contributed by atoms with E-state index in [2.05, 4.69) is 0 Å². The Balaban J connectivity index is 2.34. The fourth-order valence-corrected chi connectivity index (χ4v) is 1.10. The zero-order valence-corrected chi connectivity index (χ0v) is 3.79. The molecule has 0 bridgehead atoms. The van der Waals surface area contributed by atoms with Crippen molar-refractivity contribution in [3.8, 4) is 0 Å². The Morgan fingerprint density at radius 3 is 1.67 bits per heavy atom. The van der Waals surface area contributed by atoms with Crippen LogP contribution in [0.3, 0.4) is 0 Å². The lowest BCUT2D eigenvalue weighted by molar-refractivity contribution is 0.390. The van der Waals surface area contributed by atoms with Crippen LogP contribution in [0.25, 0.3) is 0 Å². The van der Waals surface area contributed by atoms with Gasteiger partial charge in [-0.1, -0.05) is 6.92 Å². The first kappa shape index (κ1) is 3.00. The quantitative estimate of drug-likeness (QED) is 0.419. The van der Waals surface area contributed by atoms with E-state index in [1.165, 1.54) is 0 Å². The van der Waals surface area contributed by atoms with Gasteiger partial charge in [-0.2, -0.15) is 0 Å². The van der Waals surface area contributed by atoms with Gasteiger partial charge in [-0.05, 0) is 12.8 Å². The summed E-state index contributed by atoms with van der Waals surface area (Å²) in [6.07, 6.45) is 1.69. The molecule has 0 amide bonds. The molecular formula is C5H7F. The molecule has 0 atom stereocenters. The Bertz CT molecular complexity index is 88.5. The number of halogens is 1. The smallest absolute Gasteiger partial charge is 0.117 e. The summed E-state index contributed by atoms with van der Waals surface area (Å²) < 4.78 is 12.3. The maximum absolute atomic E-state index is 12.3. The number of hydrogen-bond acceptors (Lipinski definition) is 0. The minimum absolute atomic E-state index is 0.188. The summed E-state index contributed by atoms with van der Waals surface area (Å²) in [7, 11) is 0. The topological polar surface area (TPSA) is 0 Å². The van der Waals surface area contributed by atoms with Crippen LogP contribution in [0.1, 0.15) is 19.8 Å². The fraction of sp³-hybridized carbons (Fsp3) is 1.00. The van der Waals surface area contributed by atoms with Crippen LogP contribution in [-0.4, -0.2) is 5.67 Å². The second-order valence-corrected chi connectivity index (χ2v) is 2.88. The summed E-state index contributed by atoms with van der Waals surface area (Å²) in [5, 5.41) is 0. The van der Waals surface area contributed by atoms with Crippen LogP contribution in [-0.2, 0) is 0 Å². The zero-order chi connectivity index (χ0) is 4.41. The molecule has 1 heteroatoms. The van der Waals surface area contributed by atoms with Gasteiger partial charge in [0.15, 0.2) is 0 Å². The van der Waals surface area contributed by atoms with Crippen LogP contribution in [0.15, 0.2) is 0 Å². The van der Waals surface area contributed by atoms with E-state index in [4.69, 9.17) is 0 Å². The van der Waals surface area contributed by atoms with E-state index in [9.17, 15) is 4.39 Å². The zero-order valence-electron chi connectivity index (χ0n) is 3.79. The van der Waals surface area contributed by atoms with Gasteiger partial charge in [-0.15, -0.1) is 0 Å². The highest BCUT2D eigenvalue weighted by Gasteiger charge is 2.82. The molecule has 0 N–H and O–H groups in total. The van der Waals surface area contributed by atoms with Crippen molar-refractivity contribution in [2.24, 2.45) is 5.41 Å². The molecule has 0 aromatic carbocycles. The lowest BCUT2D eigenvalue weighted by atomic mass is 10.3. The van der Waals surface area contributed by atoms with Crippen molar-refractivity contribution < 1.29 is 4.39 Å². The summed E-state index contributed by atoms with van der Waals surface area (Å²) in [6.45, 7) is 2.01. The minimum atomic E-state index is -0.646. The first-order chi connectivity index (χ1) is 2.66. The van der Waals surface area contributed by atoms with Crippen molar-refractivity contribution in [2.75, 3.05) is 0 Å². The number of fused-ring (bicyclic) bond motifs is 1. The van der Waals surface area contributed by atoms with Gasteiger partial charge in [-0.25, -0.2) is 4.39 Å². The van der Waals surface area contributed by atoms with E-state index in [1.54, 1.807) is 0 Å². The molecule has 0 spiro atoms. The van der Waals surface area contributed by atoms with Crippen molar-refractivity contribution in [1.82, 2.24) is 0 Å². The van der Waals surface area contributed by atoms with Gasteiger partial charge in [0, 0.05) is 5.41 Å². The van der Waals surface area contributed by atoms with Gasteiger partial charge in [-0.3, -0.25) is 0 Å². The normalized spacial score (nSPS) is 73.0. The molecule has 0 aromatic rings. The molecule has 34 valence electrons. The lowest BCUT2D eigenvalue weighted by Gasteiger charge is -1.79. The number of alkyl halides is 1. The van der Waals surface area contributed by atoms with E-state index in [0.717, 1.165) is 12.8 Å². The van der Waals surface area contributed by atoms with Crippen LogP contribution >= 0.6 is 0 Å². The molecule has 0 unspecified atom stereocenters.